The van der Waals surface area contributed by atoms with Crippen LogP contribution in [-0.4, -0.2) is 47.6 Å². The maximum absolute atomic E-state index is 13.0. The quantitative estimate of drug-likeness (QED) is 0.762. The molecule has 4 rings (SSSR count). The second-order valence-electron chi connectivity index (χ2n) is 11.1. The van der Waals surface area contributed by atoms with Crippen molar-refractivity contribution in [1.82, 2.24) is 10.2 Å². The van der Waals surface area contributed by atoms with Crippen LogP contribution in [0.15, 0.2) is 12.2 Å². The first-order valence-corrected chi connectivity index (χ1v) is 11.5. The fourth-order valence-corrected chi connectivity index (χ4v) is 7.73. The van der Waals surface area contributed by atoms with Crippen molar-refractivity contribution in [3.05, 3.63) is 12.2 Å². The van der Waals surface area contributed by atoms with E-state index in [0.717, 1.165) is 32.2 Å². The summed E-state index contributed by atoms with van der Waals surface area (Å²) in [6.07, 6.45) is 8.06. The van der Waals surface area contributed by atoms with Gasteiger partial charge in [-0.2, -0.15) is 0 Å². The van der Waals surface area contributed by atoms with Crippen molar-refractivity contribution in [1.29, 1.82) is 0 Å². The first kappa shape index (κ1) is 20.9. The van der Waals surface area contributed by atoms with Crippen LogP contribution in [0.3, 0.4) is 0 Å². The molecule has 0 radical (unpaired) electrons. The van der Waals surface area contributed by atoms with Gasteiger partial charge in [0.2, 0.25) is 11.8 Å². The Hall–Kier alpha value is -1.36. The van der Waals surface area contributed by atoms with Crippen molar-refractivity contribution in [2.45, 2.75) is 71.9 Å². The van der Waals surface area contributed by atoms with Crippen molar-refractivity contribution in [2.24, 2.45) is 40.4 Å². The molecule has 1 aliphatic heterocycles. The smallest absolute Gasteiger partial charge is 0.246 e. The minimum absolute atomic E-state index is 0.00136. The summed E-state index contributed by atoms with van der Waals surface area (Å²) in [5, 5.41) is 14.6. The third-order valence-electron chi connectivity index (χ3n) is 9.06. The topological polar surface area (TPSA) is 69.6 Å². The lowest BCUT2D eigenvalue weighted by atomic mass is 9.46. The van der Waals surface area contributed by atoms with Gasteiger partial charge in [0, 0.05) is 31.0 Å². The highest BCUT2D eigenvalue weighted by atomic mass is 16.3. The fourth-order valence-electron chi connectivity index (χ4n) is 7.73. The Morgan fingerprint density at radius 2 is 2.00 bits per heavy atom. The predicted octanol–water partition coefficient (Wildman–Crippen LogP) is 2.99. The third-order valence-corrected chi connectivity index (χ3v) is 9.06. The normalized spacial score (nSPS) is 46.3. The number of hydrogen-bond acceptors (Lipinski definition) is 3. The van der Waals surface area contributed by atoms with Crippen molar-refractivity contribution < 1.29 is 14.7 Å². The molecule has 8 atom stereocenters. The molecule has 0 spiro atoms. The van der Waals surface area contributed by atoms with E-state index in [-0.39, 0.29) is 40.5 Å². The van der Waals surface area contributed by atoms with Crippen LogP contribution in [-0.2, 0) is 9.59 Å². The summed E-state index contributed by atoms with van der Waals surface area (Å²) in [6.45, 7) is 9.45. The van der Waals surface area contributed by atoms with Gasteiger partial charge in [0.15, 0.2) is 0 Å². The minimum atomic E-state index is -0.432. The van der Waals surface area contributed by atoms with Crippen LogP contribution >= 0.6 is 0 Å². The Morgan fingerprint density at radius 1 is 1.28 bits per heavy atom. The molecule has 0 aromatic rings. The van der Waals surface area contributed by atoms with Gasteiger partial charge in [-0.05, 0) is 67.3 Å². The summed E-state index contributed by atoms with van der Waals surface area (Å²) in [7, 11) is 1.90. The highest BCUT2D eigenvalue weighted by molar-refractivity contribution is 5.89. The Kier molecular flexibility index (Phi) is 5.12. The fraction of sp³-hybridized carbons (Fsp3) is 0.833. The third kappa shape index (κ3) is 3.07. The molecule has 3 fully saturated rings. The number of aliphatic hydroxyl groups excluding tert-OH is 1. The summed E-state index contributed by atoms with van der Waals surface area (Å²) in [5.74, 6) is 1.74. The second-order valence-corrected chi connectivity index (χ2v) is 11.1. The molecule has 3 saturated carbocycles. The van der Waals surface area contributed by atoms with Crippen LogP contribution in [0.4, 0.5) is 0 Å². The molecule has 0 bridgehead atoms. The van der Waals surface area contributed by atoms with Gasteiger partial charge in [-0.1, -0.05) is 33.8 Å². The highest BCUT2D eigenvalue weighted by Gasteiger charge is 2.64. The maximum Gasteiger partial charge on any atom is 0.246 e. The van der Waals surface area contributed by atoms with E-state index in [2.05, 4.69) is 39.1 Å². The average molecular weight is 403 g/mol. The molecule has 162 valence electrons. The molecule has 4 aliphatic rings. The minimum Gasteiger partial charge on any atom is -0.393 e. The van der Waals surface area contributed by atoms with Crippen molar-refractivity contribution in [2.75, 3.05) is 13.6 Å². The summed E-state index contributed by atoms with van der Waals surface area (Å²) in [4.78, 5) is 27.1. The highest BCUT2D eigenvalue weighted by Crippen LogP contribution is 2.65. The molecule has 29 heavy (non-hydrogen) atoms. The Morgan fingerprint density at radius 3 is 2.69 bits per heavy atom. The van der Waals surface area contributed by atoms with Gasteiger partial charge in [-0.25, -0.2) is 0 Å². The summed E-state index contributed by atoms with van der Waals surface area (Å²) < 4.78 is 0. The number of fused-ring (bicyclic) bond motifs is 5. The average Bonchev–Trinajstić information content (AvgIpc) is 2.99. The van der Waals surface area contributed by atoms with E-state index in [1.54, 1.807) is 6.08 Å². The molecule has 0 aromatic heterocycles. The van der Waals surface area contributed by atoms with Gasteiger partial charge in [-0.3, -0.25) is 9.59 Å². The van der Waals surface area contributed by atoms with Crippen LogP contribution in [0.5, 0.6) is 0 Å². The number of carbonyl (C=O) groups is 2. The number of carbonyl (C=O) groups excluding carboxylic acids is 2. The first-order chi connectivity index (χ1) is 13.6. The molecule has 3 unspecified atom stereocenters. The molecule has 2 N–H and O–H groups in total. The lowest BCUT2D eigenvalue weighted by Gasteiger charge is -2.61. The maximum atomic E-state index is 13.0. The largest absolute Gasteiger partial charge is 0.393 e. The zero-order valence-electron chi connectivity index (χ0n) is 18.6. The van der Waals surface area contributed by atoms with Crippen LogP contribution in [0, 0.1) is 40.4 Å². The Balaban J connectivity index is 1.61. The number of likely N-dealkylation sites (N-methyl/N-ethyl adjacent to an activating group) is 1. The van der Waals surface area contributed by atoms with Crippen molar-refractivity contribution >= 4 is 11.8 Å². The monoisotopic (exact) mass is 402 g/mol. The van der Waals surface area contributed by atoms with Crippen LogP contribution in [0.1, 0.15) is 59.8 Å². The van der Waals surface area contributed by atoms with E-state index in [1.807, 2.05) is 11.9 Å². The van der Waals surface area contributed by atoms with Crippen molar-refractivity contribution in [3.63, 3.8) is 0 Å². The molecule has 2 amide bonds. The molecule has 5 heteroatoms. The molecular weight excluding hydrogens is 364 g/mol. The number of nitrogens with zero attached hydrogens (tertiary/aromatic N) is 1. The van der Waals surface area contributed by atoms with Gasteiger partial charge < -0.3 is 15.3 Å². The van der Waals surface area contributed by atoms with E-state index in [9.17, 15) is 14.7 Å². The predicted molar refractivity (Wildman–Crippen MR) is 113 cm³/mol. The SMILES string of the molecule is CC(C)CNC(=O)C1CC[C@H]2[C@@H]3CCC4N(C)C(=O)C=C[C@]4(C)[C@@H]3C(O)C[C@]12C. The van der Waals surface area contributed by atoms with E-state index in [4.69, 9.17) is 0 Å². The number of hydrogen-bond donors (Lipinski definition) is 2. The van der Waals surface area contributed by atoms with Gasteiger partial charge in [0.25, 0.3) is 0 Å². The van der Waals surface area contributed by atoms with E-state index >= 15 is 0 Å². The van der Waals surface area contributed by atoms with Crippen LogP contribution < -0.4 is 5.32 Å². The number of amides is 2. The van der Waals surface area contributed by atoms with Crippen LogP contribution in [0.2, 0.25) is 0 Å². The lowest BCUT2D eigenvalue weighted by Crippen LogP contribution is -2.63. The van der Waals surface area contributed by atoms with Gasteiger partial charge in [0.1, 0.15) is 0 Å². The van der Waals surface area contributed by atoms with Crippen LogP contribution in [0.25, 0.3) is 0 Å². The Labute approximate surface area is 175 Å². The zero-order chi connectivity index (χ0) is 21.1. The first-order valence-electron chi connectivity index (χ1n) is 11.5. The molecule has 5 nitrogen and oxygen atoms in total. The molecule has 0 saturated heterocycles. The lowest BCUT2D eigenvalue weighted by molar-refractivity contribution is -0.163. The second kappa shape index (κ2) is 7.11. The molecule has 3 aliphatic carbocycles. The van der Waals surface area contributed by atoms with E-state index in [1.165, 1.54) is 0 Å². The molecule has 1 heterocycles. The van der Waals surface area contributed by atoms with Gasteiger partial charge >= 0.3 is 0 Å². The summed E-state index contributed by atoms with van der Waals surface area (Å²) >= 11 is 0. The number of rotatable bonds is 3. The number of nitrogens with one attached hydrogen (secondary N) is 1. The summed E-state index contributed by atoms with van der Waals surface area (Å²) in [6, 6.07) is 0.159. The number of aliphatic hydroxyl groups is 1. The summed E-state index contributed by atoms with van der Waals surface area (Å²) in [5.41, 5.74) is -0.324. The molecule has 0 aromatic carbocycles. The standard InChI is InChI=1S/C24H38N2O3/c1-14(2)13-25-22(29)17-8-7-16-15-6-9-19-23(3,11-10-20(28)26(19)5)21(15)18(27)12-24(16,17)4/h10-11,14-19,21,27H,6-9,12-13H2,1-5H3,(H,25,29)/t15-,16-,17?,18?,19?,21-,23-,24-/m0/s1. The van der Waals surface area contributed by atoms with Gasteiger partial charge in [0.05, 0.1) is 6.10 Å². The Bertz CT molecular complexity index is 719. The van der Waals surface area contributed by atoms with E-state index < -0.39 is 6.10 Å². The van der Waals surface area contributed by atoms with Crippen molar-refractivity contribution in [3.8, 4) is 0 Å². The molecular formula is C24H38N2O3. The van der Waals surface area contributed by atoms with Gasteiger partial charge in [-0.15, -0.1) is 0 Å². The van der Waals surface area contributed by atoms with E-state index in [0.29, 0.717) is 24.2 Å². The zero-order valence-corrected chi connectivity index (χ0v) is 18.6.